The summed E-state index contributed by atoms with van der Waals surface area (Å²) in [5.41, 5.74) is 4.82. The number of aliphatic carboxylic acids is 3. The number of thiazole rings is 2. The molecule has 5 amide bonds. The van der Waals surface area contributed by atoms with Gasteiger partial charge in [-0.3, -0.25) is 34.2 Å². The molecule has 0 radical (unpaired) electrons. The van der Waals surface area contributed by atoms with Gasteiger partial charge in [0.25, 0.3) is 23.6 Å². The van der Waals surface area contributed by atoms with Crippen LogP contribution in [0.2, 0.25) is 0 Å². The molecular formula is C32H28N10O13S4. The molecule has 2 saturated heterocycles. The number of anilines is 2. The van der Waals surface area contributed by atoms with E-state index in [9.17, 15) is 48.6 Å². The highest BCUT2D eigenvalue weighted by atomic mass is 32.2. The number of carbonyl (C=O) groups is 8. The zero-order valence-electron chi connectivity index (χ0n) is 29.6. The second-order valence-corrected chi connectivity index (χ2v) is 15.9. The van der Waals surface area contributed by atoms with Gasteiger partial charge in [-0.1, -0.05) is 35.6 Å². The maximum absolute atomic E-state index is 13.4. The predicted molar refractivity (Wildman–Crippen MR) is 210 cm³/mol. The lowest BCUT2D eigenvalue weighted by atomic mass is 9.98. The lowest BCUT2D eigenvalue weighted by Gasteiger charge is -2.51. The van der Waals surface area contributed by atoms with Crippen molar-refractivity contribution in [1.29, 1.82) is 0 Å². The molecule has 23 nitrogen and oxygen atoms in total. The summed E-state index contributed by atoms with van der Waals surface area (Å²) in [6.45, 7) is 5.40. The van der Waals surface area contributed by atoms with E-state index in [1.807, 2.05) is 0 Å². The Morgan fingerprint density at radius 3 is 2.10 bits per heavy atom. The van der Waals surface area contributed by atoms with E-state index in [1.165, 1.54) is 40.1 Å². The van der Waals surface area contributed by atoms with Crippen molar-refractivity contribution in [3.05, 3.63) is 69.7 Å². The largest absolute Gasteiger partial charge is 0.479 e. The van der Waals surface area contributed by atoms with Crippen LogP contribution in [0.5, 0.6) is 0 Å². The highest BCUT2D eigenvalue weighted by molar-refractivity contribution is 8.03. The molecule has 0 saturated carbocycles. The number of nitrogens with one attached hydrogen (secondary N) is 3. The van der Waals surface area contributed by atoms with Crippen LogP contribution >= 0.6 is 46.2 Å². The van der Waals surface area contributed by atoms with Crippen LogP contribution < -0.4 is 21.7 Å². The van der Waals surface area contributed by atoms with Crippen molar-refractivity contribution >= 4 is 115 Å². The standard InChI is InChI=1S/C32H28N10O13S4/c1-3-11-7-56-27-19(25(48)41(27)21(11)29(50)51)37-23(46)17(13-9-58-31(33)34-13)39-54-5-15(43)36-32-35-14(10-59-32)18(40-55-6-16(44)45)24(47)38-20-26(49)42-22(30(52)53)12(4-2)8-57-28(20)42/h3-4,8-10,19-20,22,27-28H,1-2,5-7H2,(H2,33,34)(H,37,46)(H,38,47)(H,44,45)(H,50,51)(H,52,53)(H,35,36,43)/b39-17-,40-18-/t19-,20-,22?,27-,28-/m1/s1. The van der Waals surface area contributed by atoms with E-state index in [4.69, 9.17) is 20.5 Å². The fraction of sp³-hybridized carbons (Fsp3) is 0.250. The minimum Gasteiger partial charge on any atom is -0.479 e. The summed E-state index contributed by atoms with van der Waals surface area (Å²) in [7, 11) is 0. The van der Waals surface area contributed by atoms with Crippen LogP contribution in [0, 0.1) is 0 Å². The summed E-state index contributed by atoms with van der Waals surface area (Å²) in [5.74, 6) is -8.07. The van der Waals surface area contributed by atoms with Crippen LogP contribution in [-0.4, -0.2) is 142 Å². The number of thioether (sulfide) groups is 2. The van der Waals surface area contributed by atoms with Crippen molar-refractivity contribution in [2.24, 2.45) is 10.3 Å². The SMILES string of the molecule is C=CC1=CS[C@@H]2[C@H](NC(=O)/C(=N\OCC(=O)O)c3csc(NC(=O)CO/N=C(\C(=O)N[C@@H]4C(=O)N5C(C(=O)O)=C(C=C)CS[C@H]45)c4csc(N)n4)n3)C(=O)N2C1C(=O)O. The molecule has 0 aromatic carbocycles. The zero-order valence-corrected chi connectivity index (χ0v) is 32.9. The van der Waals surface area contributed by atoms with Crippen LogP contribution in [-0.2, 0) is 48.0 Å². The van der Waals surface area contributed by atoms with Crippen LogP contribution in [0.1, 0.15) is 11.4 Å². The third-order valence-electron chi connectivity index (χ3n) is 8.39. The number of oxime groups is 2. The summed E-state index contributed by atoms with van der Waals surface area (Å²) in [6, 6.07) is -3.66. The number of amides is 5. The number of carboxylic acids is 3. The number of carbonyl (C=O) groups excluding carboxylic acids is 5. The van der Waals surface area contributed by atoms with Crippen LogP contribution in [0.3, 0.4) is 0 Å². The van der Waals surface area contributed by atoms with Gasteiger partial charge in [0, 0.05) is 16.5 Å². The van der Waals surface area contributed by atoms with Gasteiger partial charge < -0.3 is 46.3 Å². The highest BCUT2D eigenvalue weighted by Crippen LogP contribution is 2.41. The second-order valence-electron chi connectivity index (χ2n) is 12.0. The molecule has 6 heterocycles. The zero-order chi connectivity index (χ0) is 42.7. The molecule has 0 bridgehead atoms. The molecule has 6 rings (SSSR count). The first-order valence-corrected chi connectivity index (χ1v) is 20.2. The van der Waals surface area contributed by atoms with Crippen molar-refractivity contribution in [2.45, 2.75) is 28.9 Å². The molecule has 8 N–H and O–H groups in total. The van der Waals surface area contributed by atoms with Crippen molar-refractivity contribution in [2.75, 3.05) is 30.0 Å². The predicted octanol–water partition coefficient (Wildman–Crippen LogP) is -0.806. The van der Waals surface area contributed by atoms with Crippen LogP contribution in [0.25, 0.3) is 0 Å². The number of nitrogens with two attached hydrogens (primary N) is 1. The van der Waals surface area contributed by atoms with E-state index in [-0.39, 0.29) is 38.7 Å². The van der Waals surface area contributed by atoms with E-state index < -0.39 is 101 Å². The molecule has 2 aromatic rings. The van der Waals surface area contributed by atoms with E-state index in [1.54, 1.807) is 0 Å². The maximum Gasteiger partial charge on any atom is 0.352 e. The molecule has 4 aliphatic heterocycles. The Bertz CT molecular complexity index is 2320. The Kier molecular flexibility index (Phi) is 12.5. The summed E-state index contributed by atoms with van der Waals surface area (Å²) in [5, 5.41) is 45.6. The number of nitrogen functional groups attached to an aromatic ring is 1. The molecule has 2 fully saturated rings. The molecular weight excluding hydrogens is 861 g/mol. The Hall–Kier alpha value is -6.58. The first kappa shape index (κ1) is 42.0. The molecule has 0 aliphatic carbocycles. The molecule has 27 heteroatoms. The summed E-state index contributed by atoms with van der Waals surface area (Å²) >= 11 is 4.05. The van der Waals surface area contributed by atoms with E-state index in [0.717, 1.165) is 44.2 Å². The van der Waals surface area contributed by atoms with Gasteiger partial charge in [-0.2, -0.15) is 0 Å². The number of carboxylic acid groups (broad SMARTS) is 3. The van der Waals surface area contributed by atoms with Gasteiger partial charge in [0.1, 0.15) is 39.9 Å². The summed E-state index contributed by atoms with van der Waals surface area (Å²) in [6.07, 6.45) is 2.65. The molecule has 2 aromatic heterocycles. The number of allylic oxidation sites excluding steroid dienone is 1. The Morgan fingerprint density at radius 1 is 0.898 bits per heavy atom. The third kappa shape index (κ3) is 8.52. The van der Waals surface area contributed by atoms with Gasteiger partial charge in [-0.15, -0.1) is 46.2 Å². The van der Waals surface area contributed by atoms with E-state index in [2.05, 4.69) is 49.4 Å². The molecule has 1 unspecified atom stereocenters. The fourth-order valence-corrected chi connectivity index (χ4v) is 9.58. The molecule has 5 atom stereocenters. The third-order valence-corrected chi connectivity index (χ3v) is 12.3. The normalized spacial score (nSPS) is 22.4. The second kappa shape index (κ2) is 17.5. The van der Waals surface area contributed by atoms with E-state index in [0.29, 0.717) is 5.57 Å². The van der Waals surface area contributed by atoms with Crippen LogP contribution in [0.4, 0.5) is 10.3 Å². The average molecular weight is 889 g/mol. The van der Waals surface area contributed by atoms with Gasteiger partial charge >= 0.3 is 17.9 Å². The highest BCUT2D eigenvalue weighted by Gasteiger charge is 2.56. The first-order valence-electron chi connectivity index (χ1n) is 16.4. The number of hydrogen-bond donors (Lipinski definition) is 7. The Labute approximate surface area is 346 Å². The molecule has 308 valence electrons. The quantitative estimate of drug-likeness (QED) is 0.0580. The van der Waals surface area contributed by atoms with Gasteiger partial charge in [-0.25, -0.2) is 24.4 Å². The Balaban J connectivity index is 1.10. The maximum atomic E-state index is 13.4. The number of nitrogens with zero attached hydrogens (tertiary/aromatic N) is 6. The summed E-state index contributed by atoms with van der Waals surface area (Å²) < 4.78 is 0. The lowest BCUT2D eigenvalue weighted by molar-refractivity contribution is -0.159. The Morgan fingerprint density at radius 2 is 1.53 bits per heavy atom. The average Bonchev–Trinajstić information content (AvgIpc) is 3.85. The monoisotopic (exact) mass is 888 g/mol. The van der Waals surface area contributed by atoms with E-state index >= 15 is 0 Å². The van der Waals surface area contributed by atoms with Gasteiger partial charge in [0.05, 0.1) is 0 Å². The van der Waals surface area contributed by atoms with Crippen LogP contribution in [0.15, 0.2) is 68.6 Å². The van der Waals surface area contributed by atoms with Crippen molar-refractivity contribution in [1.82, 2.24) is 30.4 Å². The number of fused-ring (bicyclic) bond motifs is 2. The smallest absolute Gasteiger partial charge is 0.352 e. The van der Waals surface area contributed by atoms with Gasteiger partial charge in [0.2, 0.25) is 12.5 Å². The molecule has 4 aliphatic rings. The summed E-state index contributed by atoms with van der Waals surface area (Å²) in [4.78, 5) is 121. The van der Waals surface area contributed by atoms with Crippen molar-refractivity contribution < 1.29 is 63.4 Å². The topological polar surface area (TPSA) is 335 Å². The van der Waals surface area contributed by atoms with Crippen molar-refractivity contribution in [3.8, 4) is 0 Å². The van der Waals surface area contributed by atoms with Crippen molar-refractivity contribution in [3.63, 3.8) is 0 Å². The molecule has 0 spiro atoms. The first-order chi connectivity index (χ1) is 28.1. The number of β-lactam (4-membered cyclic amide) rings is 2. The molecule has 59 heavy (non-hydrogen) atoms. The number of aromatic nitrogens is 2. The number of hydrogen-bond acceptors (Lipinski definition) is 19. The lowest BCUT2D eigenvalue weighted by Crippen LogP contribution is -2.74. The minimum absolute atomic E-state index is 0.0526. The fourth-order valence-electron chi connectivity index (χ4n) is 5.76. The minimum atomic E-state index is -1.42. The number of rotatable bonds is 17. The van der Waals surface area contributed by atoms with Gasteiger partial charge in [-0.05, 0) is 16.6 Å². The van der Waals surface area contributed by atoms with Gasteiger partial charge in [0.15, 0.2) is 34.3 Å².